The van der Waals surface area contributed by atoms with Crippen LogP contribution in [0.2, 0.25) is 5.02 Å². The fourth-order valence-electron chi connectivity index (χ4n) is 2.99. The highest BCUT2D eigenvalue weighted by Crippen LogP contribution is 2.24. The predicted octanol–water partition coefficient (Wildman–Crippen LogP) is 4.08. The summed E-state index contributed by atoms with van der Waals surface area (Å²) < 4.78 is 0.870. The molecule has 1 fully saturated rings. The summed E-state index contributed by atoms with van der Waals surface area (Å²) in [5, 5.41) is 0.479. The number of hydrogen-bond donors (Lipinski definition) is 0. The van der Waals surface area contributed by atoms with Crippen LogP contribution in [0.1, 0.15) is 21.5 Å². The summed E-state index contributed by atoms with van der Waals surface area (Å²) in [7, 11) is 0. The van der Waals surface area contributed by atoms with Gasteiger partial charge in [-0.25, -0.2) is 4.98 Å². The van der Waals surface area contributed by atoms with Crippen LogP contribution in [0.4, 0.5) is 5.82 Å². The molecule has 1 aliphatic heterocycles. The summed E-state index contributed by atoms with van der Waals surface area (Å²) in [6.45, 7) is 7.00. The number of rotatable bonds is 2. The van der Waals surface area contributed by atoms with Crippen molar-refractivity contribution in [2.75, 3.05) is 31.1 Å². The van der Waals surface area contributed by atoms with E-state index in [9.17, 15) is 4.79 Å². The average Bonchev–Trinajstić information content (AvgIpc) is 2.54. The van der Waals surface area contributed by atoms with E-state index in [1.165, 1.54) is 5.56 Å². The molecular formula is C18H19BrClN3O. The molecule has 2 heterocycles. The minimum absolute atomic E-state index is 0.0132. The molecule has 2 aromatic rings. The first-order valence-electron chi connectivity index (χ1n) is 7.88. The SMILES string of the molecule is Cc1cnc(N2CCN(C(=O)c3ccc(Br)cc3Cl)CC2)c(C)c1. The summed E-state index contributed by atoms with van der Waals surface area (Å²) in [5.74, 6) is 0.995. The van der Waals surface area contributed by atoms with Crippen molar-refractivity contribution in [2.24, 2.45) is 0 Å². The van der Waals surface area contributed by atoms with Crippen LogP contribution in [0.3, 0.4) is 0 Å². The zero-order chi connectivity index (χ0) is 17.3. The van der Waals surface area contributed by atoms with Crippen LogP contribution in [0.5, 0.6) is 0 Å². The molecule has 1 aliphatic rings. The van der Waals surface area contributed by atoms with Gasteiger partial charge >= 0.3 is 0 Å². The summed E-state index contributed by atoms with van der Waals surface area (Å²) in [4.78, 5) is 21.3. The van der Waals surface area contributed by atoms with E-state index in [-0.39, 0.29) is 5.91 Å². The molecule has 1 aromatic carbocycles. The van der Waals surface area contributed by atoms with Gasteiger partial charge in [0.2, 0.25) is 0 Å². The molecule has 1 amide bonds. The molecule has 0 spiro atoms. The minimum atomic E-state index is -0.0132. The lowest BCUT2D eigenvalue weighted by Crippen LogP contribution is -2.49. The van der Waals surface area contributed by atoms with Gasteiger partial charge in [-0.2, -0.15) is 0 Å². The molecule has 0 bridgehead atoms. The highest BCUT2D eigenvalue weighted by atomic mass is 79.9. The largest absolute Gasteiger partial charge is 0.353 e. The van der Waals surface area contributed by atoms with Crippen LogP contribution in [-0.4, -0.2) is 42.0 Å². The maximum absolute atomic E-state index is 12.7. The Labute approximate surface area is 155 Å². The van der Waals surface area contributed by atoms with Gasteiger partial charge in [-0.1, -0.05) is 33.6 Å². The van der Waals surface area contributed by atoms with Gasteiger partial charge in [0.15, 0.2) is 0 Å². The van der Waals surface area contributed by atoms with Crippen LogP contribution in [0, 0.1) is 13.8 Å². The third-order valence-electron chi connectivity index (χ3n) is 4.22. The van der Waals surface area contributed by atoms with Crippen molar-refractivity contribution < 1.29 is 4.79 Å². The molecule has 1 saturated heterocycles. The second-order valence-corrected chi connectivity index (χ2v) is 7.38. The van der Waals surface area contributed by atoms with Crippen LogP contribution in [0.15, 0.2) is 34.9 Å². The van der Waals surface area contributed by atoms with Crippen molar-refractivity contribution in [3.8, 4) is 0 Å². The van der Waals surface area contributed by atoms with Crippen LogP contribution in [-0.2, 0) is 0 Å². The molecule has 6 heteroatoms. The lowest BCUT2D eigenvalue weighted by molar-refractivity contribution is 0.0746. The van der Waals surface area contributed by atoms with Crippen molar-refractivity contribution in [3.63, 3.8) is 0 Å². The fraction of sp³-hybridized carbons (Fsp3) is 0.333. The van der Waals surface area contributed by atoms with Crippen LogP contribution in [0.25, 0.3) is 0 Å². The Balaban J connectivity index is 1.69. The molecule has 0 atom stereocenters. The number of carbonyl (C=O) groups excluding carboxylic acids is 1. The van der Waals surface area contributed by atoms with Crippen molar-refractivity contribution in [3.05, 3.63) is 56.6 Å². The smallest absolute Gasteiger partial charge is 0.255 e. The molecule has 0 saturated carbocycles. The highest BCUT2D eigenvalue weighted by molar-refractivity contribution is 9.10. The van der Waals surface area contributed by atoms with E-state index in [0.29, 0.717) is 23.7 Å². The zero-order valence-corrected chi connectivity index (χ0v) is 16.1. The maximum Gasteiger partial charge on any atom is 0.255 e. The second kappa shape index (κ2) is 7.11. The average molecular weight is 409 g/mol. The number of hydrogen-bond acceptors (Lipinski definition) is 3. The number of halogens is 2. The van der Waals surface area contributed by atoms with E-state index in [4.69, 9.17) is 11.6 Å². The molecule has 24 heavy (non-hydrogen) atoms. The van der Waals surface area contributed by atoms with Gasteiger partial charge in [0, 0.05) is 36.8 Å². The third-order valence-corrected chi connectivity index (χ3v) is 5.02. The Hall–Kier alpha value is -1.59. The van der Waals surface area contributed by atoms with Gasteiger partial charge in [0.05, 0.1) is 10.6 Å². The molecular weight excluding hydrogens is 390 g/mol. The highest BCUT2D eigenvalue weighted by Gasteiger charge is 2.24. The first-order chi connectivity index (χ1) is 11.5. The molecule has 3 rings (SSSR count). The lowest BCUT2D eigenvalue weighted by Gasteiger charge is -2.36. The number of aryl methyl sites for hydroxylation is 2. The topological polar surface area (TPSA) is 36.4 Å². The summed E-state index contributed by atoms with van der Waals surface area (Å²) in [5.41, 5.74) is 2.89. The summed E-state index contributed by atoms with van der Waals surface area (Å²) in [6, 6.07) is 7.51. The van der Waals surface area contributed by atoms with E-state index < -0.39 is 0 Å². The number of anilines is 1. The van der Waals surface area contributed by atoms with Gasteiger partial charge < -0.3 is 9.80 Å². The monoisotopic (exact) mass is 407 g/mol. The number of amides is 1. The Morgan fingerprint density at radius 3 is 2.50 bits per heavy atom. The predicted molar refractivity (Wildman–Crippen MR) is 101 cm³/mol. The molecule has 0 radical (unpaired) electrons. The Bertz CT molecular complexity index is 773. The van der Waals surface area contributed by atoms with E-state index >= 15 is 0 Å². The number of aromatic nitrogens is 1. The van der Waals surface area contributed by atoms with E-state index in [1.54, 1.807) is 12.1 Å². The molecule has 0 N–H and O–H groups in total. The molecule has 126 valence electrons. The Morgan fingerprint density at radius 1 is 1.17 bits per heavy atom. The molecule has 4 nitrogen and oxygen atoms in total. The van der Waals surface area contributed by atoms with Gasteiger partial charge in [-0.05, 0) is 43.2 Å². The van der Waals surface area contributed by atoms with E-state index in [0.717, 1.165) is 28.9 Å². The van der Waals surface area contributed by atoms with Crippen molar-refractivity contribution in [2.45, 2.75) is 13.8 Å². The van der Waals surface area contributed by atoms with Gasteiger partial charge in [-0.3, -0.25) is 4.79 Å². The van der Waals surface area contributed by atoms with Crippen LogP contribution < -0.4 is 4.90 Å². The van der Waals surface area contributed by atoms with E-state index in [2.05, 4.69) is 38.8 Å². The lowest BCUT2D eigenvalue weighted by atomic mass is 10.1. The first-order valence-corrected chi connectivity index (χ1v) is 9.05. The van der Waals surface area contributed by atoms with Crippen molar-refractivity contribution in [1.29, 1.82) is 0 Å². The Morgan fingerprint density at radius 2 is 1.88 bits per heavy atom. The minimum Gasteiger partial charge on any atom is -0.353 e. The van der Waals surface area contributed by atoms with Gasteiger partial charge in [-0.15, -0.1) is 0 Å². The normalized spacial score (nSPS) is 14.8. The number of pyridine rings is 1. The van der Waals surface area contributed by atoms with Gasteiger partial charge in [0.1, 0.15) is 5.82 Å². The third kappa shape index (κ3) is 3.57. The standard InChI is InChI=1S/C18H19BrClN3O/c1-12-9-13(2)17(21-11-12)22-5-7-23(8-6-22)18(24)15-4-3-14(19)10-16(15)20/h3-4,9-11H,5-8H2,1-2H3. The number of benzene rings is 1. The maximum atomic E-state index is 12.7. The number of nitrogens with zero attached hydrogens (tertiary/aromatic N) is 3. The zero-order valence-electron chi connectivity index (χ0n) is 13.7. The molecule has 0 unspecified atom stereocenters. The van der Waals surface area contributed by atoms with E-state index in [1.807, 2.05) is 24.1 Å². The molecule has 1 aromatic heterocycles. The van der Waals surface area contributed by atoms with Crippen molar-refractivity contribution in [1.82, 2.24) is 9.88 Å². The fourth-order valence-corrected chi connectivity index (χ4v) is 3.75. The number of carbonyl (C=O) groups is 1. The summed E-state index contributed by atoms with van der Waals surface area (Å²) in [6.07, 6.45) is 1.89. The second-order valence-electron chi connectivity index (χ2n) is 6.06. The number of piperazine rings is 1. The van der Waals surface area contributed by atoms with Crippen molar-refractivity contribution >= 4 is 39.3 Å². The summed E-state index contributed by atoms with van der Waals surface area (Å²) >= 11 is 9.57. The quantitative estimate of drug-likeness (QED) is 0.751. The first kappa shape index (κ1) is 17.2. The Kier molecular flexibility index (Phi) is 5.11. The van der Waals surface area contributed by atoms with Crippen LogP contribution >= 0.6 is 27.5 Å². The van der Waals surface area contributed by atoms with Gasteiger partial charge in [0.25, 0.3) is 5.91 Å². The molecule has 0 aliphatic carbocycles.